The molecule has 0 atom stereocenters. The Balaban J connectivity index is 2.18. The van der Waals surface area contributed by atoms with Crippen molar-refractivity contribution in [3.05, 3.63) is 28.3 Å². The fourth-order valence-corrected chi connectivity index (χ4v) is 2.63. The van der Waals surface area contributed by atoms with Gasteiger partial charge >= 0.3 is 5.69 Å². The molecule has 0 unspecified atom stereocenters. The largest absolute Gasteiger partial charge is 0.393 e. The molecule has 0 radical (unpaired) electrons. The lowest BCUT2D eigenvalue weighted by atomic mass is 9.93. The number of hydrogen-bond acceptors (Lipinski definition) is 5. The molecule has 0 aromatic heterocycles. The summed E-state index contributed by atoms with van der Waals surface area (Å²) in [5.41, 5.74) is 1.19. The predicted molar refractivity (Wildman–Crippen MR) is 79.1 cm³/mol. The molecule has 0 aliphatic heterocycles. The van der Waals surface area contributed by atoms with Crippen LogP contribution in [0.25, 0.3) is 0 Å². The Kier molecular flexibility index (Phi) is 4.79. The lowest BCUT2D eigenvalue weighted by Crippen LogP contribution is -2.28. The molecule has 20 heavy (non-hydrogen) atoms. The zero-order chi connectivity index (χ0) is 14.5. The summed E-state index contributed by atoms with van der Waals surface area (Å²) in [5.74, 6) is 0. The van der Waals surface area contributed by atoms with Gasteiger partial charge in [-0.3, -0.25) is 10.1 Å². The van der Waals surface area contributed by atoms with Crippen LogP contribution in [0.5, 0.6) is 0 Å². The Labute approximate surface area is 118 Å². The molecule has 0 heterocycles. The van der Waals surface area contributed by atoms with E-state index in [9.17, 15) is 15.2 Å². The molecular weight excluding hydrogens is 258 g/mol. The van der Waals surface area contributed by atoms with E-state index in [4.69, 9.17) is 0 Å². The summed E-state index contributed by atoms with van der Waals surface area (Å²) in [6, 6.07) is 5.46. The average Bonchev–Trinajstić information content (AvgIpc) is 2.41. The summed E-state index contributed by atoms with van der Waals surface area (Å²) in [6.07, 6.45) is 2.95. The van der Waals surface area contributed by atoms with Gasteiger partial charge in [-0.2, -0.15) is 0 Å². The summed E-state index contributed by atoms with van der Waals surface area (Å²) in [4.78, 5) is 10.9. The van der Waals surface area contributed by atoms with Crippen molar-refractivity contribution in [1.29, 1.82) is 0 Å². The van der Waals surface area contributed by atoms with Crippen LogP contribution >= 0.6 is 0 Å². The van der Waals surface area contributed by atoms with Crippen molar-refractivity contribution in [1.82, 2.24) is 0 Å². The van der Waals surface area contributed by atoms with Gasteiger partial charge in [-0.05, 0) is 44.7 Å². The summed E-state index contributed by atoms with van der Waals surface area (Å²) in [7, 11) is 0. The van der Waals surface area contributed by atoms with Gasteiger partial charge in [0.25, 0.3) is 0 Å². The Morgan fingerprint density at radius 3 is 2.55 bits per heavy atom. The Morgan fingerprint density at radius 1 is 1.30 bits per heavy atom. The third-order valence-electron chi connectivity index (χ3n) is 3.64. The first-order valence-electron chi connectivity index (χ1n) is 7.07. The first-order chi connectivity index (χ1) is 9.61. The monoisotopic (exact) mass is 279 g/mol. The molecule has 0 saturated heterocycles. The molecule has 0 amide bonds. The van der Waals surface area contributed by atoms with Crippen molar-refractivity contribution in [2.75, 3.05) is 17.2 Å². The molecule has 1 fully saturated rings. The quantitative estimate of drug-likeness (QED) is 0.570. The van der Waals surface area contributed by atoms with Gasteiger partial charge in [-0.1, -0.05) is 6.07 Å². The SMILES string of the molecule is CCNc1cccc(NC2CCC(O)CC2)c1[N+](=O)[O-]. The highest BCUT2D eigenvalue weighted by Gasteiger charge is 2.24. The lowest BCUT2D eigenvalue weighted by Gasteiger charge is -2.27. The molecule has 3 N–H and O–H groups in total. The van der Waals surface area contributed by atoms with Gasteiger partial charge in [-0.15, -0.1) is 0 Å². The first kappa shape index (κ1) is 14.6. The van der Waals surface area contributed by atoms with Crippen LogP contribution in [0, 0.1) is 10.1 Å². The maximum Gasteiger partial charge on any atom is 0.315 e. The van der Waals surface area contributed by atoms with Gasteiger partial charge < -0.3 is 15.7 Å². The van der Waals surface area contributed by atoms with Crippen molar-refractivity contribution < 1.29 is 10.0 Å². The van der Waals surface area contributed by atoms with Crippen molar-refractivity contribution in [2.45, 2.75) is 44.8 Å². The molecule has 110 valence electrons. The molecule has 0 spiro atoms. The second kappa shape index (κ2) is 6.56. The van der Waals surface area contributed by atoms with E-state index in [2.05, 4.69) is 10.6 Å². The predicted octanol–water partition coefficient (Wildman–Crippen LogP) is 2.74. The van der Waals surface area contributed by atoms with E-state index in [-0.39, 0.29) is 22.8 Å². The smallest absolute Gasteiger partial charge is 0.315 e. The lowest BCUT2D eigenvalue weighted by molar-refractivity contribution is -0.383. The molecule has 1 aromatic rings. The van der Waals surface area contributed by atoms with Crippen LogP contribution in [0.1, 0.15) is 32.6 Å². The first-order valence-corrected chi connectivity index (χ1v) is 7.07. The molecule has 1 saturated carbocycles. The molecule has 6 heteroatoms. The topological polar surface area (TPSA) is 87.4 Å². The molecule has 0 bridgehead atoms. The Hall–Kier alpha value is -1.82. The van der Waals surface area contributed by atoms with Crippen molar-refractivity contribution in [2.24, 2.45) is 0 Å². The number of aliphatic hydroxyl groups excluding tert-OH is 1. The standard InChI is InChI=1S/C14H21N3O3/c1-2-15-12-4-3-5-13(14(12)17(19)20)16-10-6-8-11(18)9-7-10/h3-5,10-11,15-16,18H,2,6-9H2,1H3. The van der Waals surface area contributed by atoms with Gasteiger partial charge in [-0.25, -0.2) is 0 Å². The van der Waals surface area contributed by atoms with E-state index >= 15 is 0 Å². The van der Waals surface area contributed by atoms with Crippen LogP contribution in [0.4, 0.5) is 17.1 Å². The minimum Gasteiger partial charge on any atom is -0.393 e. The van der Waals surface area contributed by atoms with Gasteiger partial charge in [0, 0.05) is 12.6 Å². The third-order valence-corrected chi connectivity index (χ3v) is 3.64. The molecule has 1 aliphatic carbocycles. The van der Waals surface area contributed by atoms with E-state index in [1.165, 1.54) is 0 Å². The van der Waals surface area contributed by atoms with Crippen LogP contribution in [0.15, 0.2) is 18.2 Å². The number of aliphatic hydroxyl groups is 1. The highest BCUT2D eigenvalue weighted by atomic mass is 16.6. The second-order valence-corrected chi connectivity index (χ2v) is 5.14. The number of nitrogens with one attached hydrogen (secondary N) is 2. The zero-order valence-corrected chi connectivity index (χ0v) is 11.6. The minimum absolute atomic E-state index is 0.0977. The maximum atomic E-state index is 11.3. The Bertz CT molecular complexity index is 471. The van der Waals surface area contributed by atoms with Gasteiger partial charge in [0.1, 0.15) is 11.4 Å². The summed E-state index contributed by atoms with van der Waals surface area (Å²) in [5, 5.41) is 27.1. The average molecular weight is 279 g/mol. The van der Waals surface area contributed by atoms with Gasteiger partial charge in [0.2, 0.25) is 0 Å². The summed E-state index contributed by atoms with van der Waals surface area (Å²) in [6.45, 7) is 2.55. The Morgan fingerprint density at radius 2 is 1.95 bits per heavy atom. The molecule has 1 aromatic carbocycles. The van der Waals surface area contributed by atoms with Crippen molar-refractivity contribution in [3.8, 4) is 0 Å². The summed E-state index contributed by atoms with van der Waals surface area (Å²) < 4.78 is 0. The molecule has 6 nitrogen and oxygen atoms in total. The zero-order valence-electron chi connectivity index (χ0n) is 11.6. The maximum absolute atomic E-state index is 11.3. The van der Waals surface area contributed by atoms with Crippen LogP contribution in [0.2, 0.25) is 0 Å². The van der Waals surface area contributed by atoms with Crippen LogP contribution in [0.3, 0.4) is 0 Å². The number of benzene rings is 1. The number of rotatable bonds is 5. The van der Waals surface area contributed by atoms with Crippen LogP contribution in [-0.2, 0) is 0 Å². The van der Waals surface area contributed by atoms with Crippen molar-refractivity contribution in [3.63, 3.8) is 0 Å². The number of nitro groups is 1. The third kappa shape index (κ3) is 3.39. The molecular formula is C14H21N3O3. The van der Waals surface area contributed by atoms with E-state index < -0.39 is 0 Å². The number of nitrogens with zero attached hydrogens (tertiary/aromatic N) is 1. The van der Waals surface area contributed by atoms with Crippen molar-refractivity contribution >= 4 is 17.1 Å². The van der Waals surface area contributed by atoms with Crippen LogP contribution in [-0.4, -0.2) is 28.7 Å². The molecule has 1 aliphatic rings. The number of para-hydroxylation sites is 1. The second-order valence-electron chi connectivity index (χ2n) is 5.14. The van der Waals surface area contributed by atoms with Gasteiger partial charge in [0.15, 0.2) is 0 Å². The van der Waals surface area contributed by atoms with Gasteiger partial charge in [0.05, 0.1) is 11.0 Å². The van der Waals surface area contributed by atoms with E-state index in [1.807, 2.05) is 13.0 Å². The highest BCUT2D eigenvalue weighted by molar-refractivity contribution is 5.76. The fourth-order valence-electron chi connectivity index (χ4n) is 2.63. The number of hydrogen-bond donors (Lipinski definition) is 3. The number of nitro benzene ring substituents is 1. The van der Waals surface area contributed by atoms with E-state index in [0.717, 1.165) is 25.7 Å². The minimum atomic E-state index is -0.349. The normalized spacial score (nSPS) is 22.3. The summed E-state index contributed by atoms with van der Waals surface area (Å²) >= 11 is 0. The number of anilines is 2. The highest BCUT2D eigenvalue weighted by Crippen LogP contribution is 2.34. The van der Waals surface area contributed by atoms with E-state index in [1.54, 1.807) is 12.1 Å². The molecule has 2 rings (SSSR count). The van der Waals surface area contributed by atoms with Crippen LogP contribution < -0.4 is 10.6 Å². The van der Waals surface area contributed by atoms with E-state index in [0.29, 0.717) is 17.9 Å². The fraction of sp³-hybridized carbons (Fsp3) is 0.571.